The van der Waals surface area contributed by atoms with Crippen molar-refractivity contribution in [1.29, 1.82) is 0 Å². The van der Waals surface area contributed by atoms with Gasteiger partial charge in [0.25, 0.3) is 0 Å². The van der Waals surface area contributed by atoms with Gasteiger partial charge >= 0.3 is 0 Å². The van der Waals surface area contributed by atoms with Crippen LogP contribution in [0.4, 0.5) is 0 Å². The number of nitrogens with zero attached hydrogens (tertiary/aromatic N) is 1. The van der Waals surface area contributed by atoms with Crippen LogP contribution in [0.25, 0.3) is 10.9 Å². The maximum Gasteiger partial charge on any atom is 0.235 e. The number of aliphatic hydroxyl groups is 1. The van der Waals surface area contributed by atoms with Gasteiger partial charge < -0.3 is 19.7 Å². The molecule has 3 aliphatic rings. The molecule has 2 aromatic rings. The van der Waals surface area contributed by atoms with E-state index in [0.717, 1.165) is 30.6 Å². The van der Waals surface area contributed by atoms with Gasteiger partial charge in [-0.15, -0.1) is 0 Å². The van der Waals surface area contributed by atoms with Crippen molar-refractivity contribution < 1.29 is 14.6 Å². The van der Waals surface area contributed by atoms with Crippen LogP contribution in [-0.2, 0) is 16.0 Å². The maximum atomic E-state index is 13.5. The number of aromatic amines is 1. The zero-order chi connectivity index (χ0) is 17.9. The van der Waals surface area contributed by atoms with E-state index in [1.807, 2.05) is 23.1 Å². The molecular weight excluding hydrogens is 328 g/mol. The maximum absolute atomic E-state index is 13.5. The predicted molar refractivity (Wildman–Crippen MR) is 98.6 cm³/mol. The molecule has 2 N–H and O–H groups in total. The molecule has 5 nitrogen and oxygen atoms in total. The van der Waals surface area contributed by atoms with Gasteiger partial charge in [-0.1, -0.05) is 30.4 Å². The lowest BCUT2D eigenvalue weighted by Crippen LogP contribution is -2.60. The van der Waals surface area contributed by atoms with Crippen molar-refractivity contribution >= 4 is 16.8 Å². The summed E-state index contributed by atoms with van der Waals surface area (Å²) in [4.78, 5) is 19.1. The van der Waals surface area contributed by atoms with Gasteiger partial charge in [0.05, 0.1) is 24.2 Å². The van der Waals surface area contributed by atoms with Gasteiger partial charge in [-0.05, 0) is 30.9 Å². The molecule has 5 heteroatoms. The smallest absolute Gasteiger partial charge is 0.235 e. The molecule has 0 spiro atoms. The monoisotopic (exact) mass is 352 g/mol. The summed E-state index contributed by atoms with van der Waals surface area (Å²) in [5.74, 6) is -0.0153. The second-order valence-electron chi connectivity index (χ2n) is 7.85. The molecule has 1 saturated heterocycles. The number of carbonyl (C=O) groups is 1. The number of nitrogens with one attached hydrogen (secondary N) is 1. The largest absolute Gasteiger partial charge is 0.392 e. The first-order valence-electron chi connectivity index (χ1n) is 9.41. The first kappa shape index (κ1) is 16.1. The van der Waals surface area contributed by atoms with Crippen molar-refractivity contribution in [2.24, 2.45) is 11.3 Å². The van der Waals surface area contributed by atoms with Crippen LogP contribution in [0.15, 0.2) is 36.4 Å². The number of para-hydroxylation sites is 1. The highest BCUT2D eigenvalue weighted by molar-refractivity contribution is 5.89. The summed E-state index contributed by atoms with van der Waals surface area (Å²) >= 11 is 0. The average Bonchev–Trinajstić information content (AvgIpc) is 3.03. The zero-order valence-corrected chi connectivity index (χ0v) is 14.9. The number of ether oxygens (including phenoxy) is 1. The van der Waals surface area contributed by atoms with Gasteiger partial charge in [-0.25, -0.2) is 0 Å². The lowest BCUT2D eigenvalue weighted by atomic mass is 9.62. The van der Waals surface area contributed by atoms with Crippen molar-refractivity contribution in [2.75, 3.05) is 20.3 Å². The molecule has 1 fully saturated rings. The Bertz CT molecular complexity index is 902. The second-order valence-corrected chi connectivity index (χ2v) is 7.85. The van der Waals surface area contributed by atoms with E-state index in [-0.39, 0.29) is 17.9 Å². The molecule has 3 heterocycles. The number of piperidine rings is 1. The molecule has 0 saturated carbocycles. The number of rotatable bonds is 2. The standard InChI is InChI=1S/C21H24N2O3/c1-26-12-21-9-4-7-18(24)15(21)11-17-19-14(8-10-23(17)20(21)25)13-5-2-3-6-16(13)22-19/h2-6,9,15,17-18,22,24H,7-8,10-12H2,1H3/t15-,17-,18-,21-/m1/s1. The van der Waals surface area contributed by atoms with E-state index in [9.17, 15) is 9.90 Å². The Balaban J connectivity index is 1.62. The molecule has 2 aliphatic heterocycles. The topological polar surface area (TPSA) is 65.6 Å². The van der Waals surface area contributed by atoms with E-state index in [2.05, 4.69) is 23.2 Å². The number of fused-ring (bicyclic) bond motifs is 6. The molecule has 136 valence electrons. The summed E-state index contributed by atoms with van der Waals surface area (Å²) in [5.41, 5.74) is 2.88. The van der Waals surface area contributed by atoms with Gasteiger partial charge in [0.15, 0.2) is 0 Å². The van der Waals surface area contributed by atoms with Gasteiger partial charge in [-0.3, -0.25) is 4.79 Å². The number of aliphatic hydroxyl groups excluding tert-OH is 1. The van der Waals surface area contributed by atoms with Crippen molar-refractivity contribution in [3.63, 3.8) is 0 Å². The van der Waals surface area contributed by atoms with Crippen molar-refractivity contribution in [2.45, 2.75) is 31.4 Å². The van der Waals surface area contributed by atoms with E-state index >= 15 is 0 Å². The lowest BCUT2D eigenvalue weighted by Gasteiger charge is -2.53. The zero-order valence-electron chi connectivity index (χ0n) is 14.9. The Labute approximate surface area is 152 Å². The predicted octanol–water partition coefficient (Wildman–Crippen LogP) is 2.57. The number of benzene rings is 1. The van der Waals surface area contributed by atoms with E-state index in [4.69, 9.17) is 4.74 Å². The molecule has 5 rings (SSSR count). The summed E-state index contributed by atoms with van der Waals surface area (Å²) in [6, 6.07) is 8.35. The molecule has 1 aromatic carbocycles. The number of hydrogen-bond donors (Lipinski definition) is 2. The fraction of sp³-hybridized carbons (Fsp3) is 0.476. The molecule has 1 amide bonds. The Kier molecular flexibility index (Phi) is 3.52. The minimum atomic E-state index is -0.730. The van der Waals surface area contributed by atoms with Gasteiger partial charge in [0.2, 0.25) is 5.91 Å². The molecule has 1 aromatic heterocycles. The quantitative estimate of drug-likeness (QED) is 0.817. The summed E-state index contributed by atoms with van der Waals surface area (Å²) in [6.07, 6.45) is 5.66. The van der Waals surface area contributed by atoms with Crippen LogP contribution in [0.1, 0.15) is 30.1 Å². The van der Waals surface area contributed by atoms with Crippen LogP contribution < -0.4 is 0 Å². The highest BCUT2D eigenvalue weighted by atomic mass is 16.5. The SMILES string of the molecule is COC[C@]12C=CC[C@@H](O)[C@H]1C[C@@H]1c3[nH]c4ccccc4c3CCN1C2=O. The van der Waals surface area contributed by atoms with Crippen LogP contribution in [0, 0.1) is 11.3 Å². The van der Waals surface area contributed by atoms with Crippen molar-refractivity contribution in [3.8, 4) is 0 Å². The molecular formula is C21H24N2O3. The number of aromatic nitrogens is 1. The van der Waals surface area contributed by atoms with Gasteiger partial charge in [0.1, 0.15) is 0 Å². The highest BCUT2D eigenvalue weighted by Crippen LogP contribution is 2.52. The number of carbonyl (C=O) groups excluding carboxylic acids is 1. The van der Waals surface area contributed by atoms with E-state index < -0.39 is 11.5 Å². The number of methoxy groups -OCH3 is 1. The third-order valence-corrected chi connectivity index (χ3v) is 6.60. The normalized spacial score (nSPS) is 33.1. The molecule has 26 heavy (non-hydrogen) atoms. The van der Waals surface area contributed by atoms with Crippen LogP contribution in [0.5, 0.6) is 0 Å². The molecule has 0 radical (unpaired) electrons. The van der Waals surface area contributed by atoms with Crippen LogP contribution in [-0.4, -0.2) is 47.3 Å². The Morgan fingerprint density at radius 3 is 3.08 bits per heavy atom. The second kappa shape index (κ2) is 5.69. The number of hydrogen-bond acceptors (Lipinski definition) is 3. The minimum absolute atomic E-state index is 0.00906. The number of amides is 1. The van der Waals surface area contributed by atoms with Crippen molar-refractivity contribution in [3.05, 3.63) is 47.7 Å². The van der Waals surface area contributed by atoms with Crippen LogP contribution >= 0.6 is 0 Å². The fourth-order valence-corrected chi connectivity index (χ4v) is 5.42. The van der Waals surface area contributed by atoms with E-state index in [1.165, 1.54) is 10.9 Å². The molecule has 0 bridgehead atoms. The summed E-state index contributed by atoms with van der Waals surface area (Å²) in [7, 11) is 1.63. The Morgan fingerprint density at radius 1 is 1.38 bits per heavy atom. The van der Waals surface area contributed by atoms with E-state index in [1.54, 1.807) is 7.11 Å². The van der Waals surface area contributed by atoms with Gasteiger partial charge in [0, 0.05) is 36.2 Å². The van der Waals surface area contributed by atoms with Gasteiger partial charge in [-0.2, -0.15) is 0 Å². The van der Waals surface area contributed by atoms with E-state index in [0.29, 0.717) is 13.0 Å². The minimum Gasteiger partial charge on any atom is -0.392 e. The summed E-state index contributed by atoms with van der Waals surface area (Å²) in [5, 5.41) is 12.0. The number of H-pyrrole nitrogens is 1. The third kappa shape index (κ3) is 2.01. The average molecular weight is 352 g/mol. The Morgan fingerprint density at radius 2 is 2.23 bits per heavy atom. The molecule has 1 aliphatic carbocycles. The fourth-order valence-electron chi connectivity index (χ4n) is 5.42. The summed E-state index contributed by atoms with van der Waals surface area (Å²) in [6.45, 7) is 1.05. The highest BCUT2D eigenvalue weighted by Gasteiger charge is 2.56. The van der Waals surface area contributed by atoms with Crippen LogP contribution in [0.2, 0.25) is 0 Å². The first-order valence-corrected chi connectivity index (χ1v) is 9.41. The molecule has 4 atom stereocenters. The molecule has 0 unspecified atom stereocenters. The lowest BCUT2D eigenvalue weighted by molar-refractivity contribution is -0.164. The van der Waals surface area contributed by atoms with Crippen LogP contribution in [0.3, 0.4) is 0 Å². The first-order chi connectivity index (χ1) is 12.7. The van der Waals surface area contributed by atoms with Crippen molar-refractivity contribution in [1.82, 2.24) is 9.88 Å². The Hall–Kier alpha value is -2.11. The summed E-state index contributed by atoms with van der Waals surface area (Å²) < 4.78 is 5.44. The third-order valence-electron chi connectivity index (χ3n) is 6.60.